The van der Waals surface area contributed by atoms with Crippen molar-refractivity contribution < 1.29 is 13.7 Å². The molecule has 11 heteroatoms. The molecule has 5 rings (SSSR count). The van der Waals surface area contributed by atoms with E-state index in [0.717, 1.165) is 5.75 Å². The highest BCUT2D eigenvalue weighted by Gasteiger charge is 2.16. The number of hydrogen-bond acceptors (Lipinski definition) is 8. The lowest BCUT2D eigenvalue weighted by molar-refractivity contribution is 0.340. The van der Waals surface area contributed by atoms with E-state index in [1.807, 2.05) is 31.2 Å². The predicted molar refractivity (Wildman–Crippen MR) is 111 cm³/mol. The van der Waals surface area contributed by atoms with E-state index in [4.69, 9.17) is 9.26 Å². The van der Waals surface area contributed by atoms with E-state index >= 15 is 0 Å². The first-order chi connectivity index (χ1) is 15.6. The molecule has 160 valence electrons. The summed E-state index contributed by atoms with van der Waals surface area (Å²) in [6.45, 7) is 2.48. The smallest absolute Gasteiger partial charge is 0.284 e. The maximum atomic E-state index is 13.1. The number of nitrogens with zero attached hydrogens (tertiary/aromatic N) is 7. The van der Waals surface area contributed by atoms with Crippen LogP contribution in [0.2, 0.25) is 0 Å². The van der Waals surface area contributed by atoms with Crippen LogP contribution in [0.5, 0.6) is 5.75 Å². The fraction of sp³-hybridized carbons (Fsp3) is 0.143. The van der Waals surface area contributed by atoms with Gasteiger partial charge in [0.15, 0.2) is 11.2 Å². The topological polar surface area (TPSA) is 114 Å². The molecule has 2 aromatic carbocycles. The molecule has 3 aromatic heterocycles. The Morgan fingerprint density at radius 3 is 2.62 bits per heavy atom. The molecule has 0 saturated carbocycles. The van der Waals surface area contributed by atoms with Crippen LogP contribution in [0, 0.1) is 5.82 Å². The Hall–Kier alpha value is -4.41. The van der Waals surface area contributed by atoms with Gasteiger partial charge in [-0.25, -0.2) is 9.37 Å². The maximum Gasteiger partial charge on any atom is 0.284 e. The van der Waals surface area contributed by atoms with Crippen LogP contribution in [-0.2, 0) is 6.54 Å². The summed E-state index contributed by atoms with van der Waals surface area (Å²) >= 11 is 0. The zero-order valence-corrected chi connectivity index (χ0v) is 16.8. The highest BCUT2D eigenvalue weighted by Crippen LogP contribution is 2.18. The first kappa shape index (κ1) is 19.5. The Labute approximate surface area is 179 Å². The zero-order valence-electron chi connectivity index (χ0n) is 16.8. The lowest BCUT2D eigenvalue weighted by Crippen LogP contribution is -2.21. The van der Waals surface area contributed by atoms with E-state index < -0.39 is 5.56 Å². The van der Waals surface area contributed by atoms with Crippen LogP contribution in [0.4, 0.5) is 4.39 Å². The Kier molecular flexibility index (Phi) is 4.90. The lowest BCUT2D eigenvalue weighted by Gasteiger charge is -2.05. The van der Waals surface area contributed by atoms with Gasteiger partial charge in [0.2, 0.25) is 11.7 Å². The summed E-state index contributed by atoms with van der Waals surface area (Å²) in [6, 6.07) is 12.9. The minimum Gasteiger partial charge on any atom is -0.494 e. The van der Waals surface area contributed by atoms with Crippen LogP contribution in [0.3, 0.4) is 0 Å². The van der Waals surface area contributed by atoms with Gasteiger partial charge in [-0.15, -0.1) is 5.10 Å². The van der Waals surface area contributed by atoms with Crippen LogP contribution >= 0.6 is 0 Å². The average Bonchev–Trinajstić information content (AvgIpc) is 3.45. The van der Waals surface area contributed by atoms with Crippen molar-refractivity contribution in [1.29, 1.82) is 0 Å². The van der Waals surface area contributed by atoms with Crippen molar-refractivity contribution in [1.82, 2.24) is 34.7 Å². The normalized spacial score (nSPS) is 11.2. The summed E-state index contributed by atoms with van der Waals surface area (Å²) in [5.74, 6) is 0.868. The first-order valence-electron chi connectivity index (χ1n) is 9.75. The molecule has 5 aromatic rings. The molecule has 0 saturated heterocycles. The van der Waals surface area contributed by atoms with Gasteiger partial charge in [0, 0.05) is 5.56 Å². The zero-order chi connectivity index (χ0) is 22.1. The monoisotopic (exact) mass is 433 g/mol. The number of halogens is 1. The van der Waals surface area contributed by atoms with Crippen molar-refractivity contribution >= 4 is 11.2 Å². The average molecular weight is 433 g/mol. The van der Waals surface area contributed by atoms with Crippen molar-refractivity contribution in [3.63, 3.8) is 0 Å². The molecule has 0 aliphatic carbocycles. The van der Waals surface area contributed by atoms with Crippen molar-refractivity contribution in [3.8, 4) is 22.8 Å². The van der Waals surface area contributed by atoms with E-state index in [1.165, 1.54) is 27.7 Å². The van der Waals surface area contributed by atoms with Gasteiger partial charge in [0.05, 0.1) is 12.3 Å². The fourth-order valence-electron chi connectivity index (χ4n) is 3.16. The first-order valence-corrected chi connectivity index (χ1v) is 9.75. The Balaban J connectivity index is 1.42. The number of hydrogen-bond donors (Lipinski definition) is 0. The summed E-state index contributed by atoms with van der Waals surface area (Å²) in [5, 5.41) is 12.0. The molecule has 0 N–H and O–H groups in total. The number of rotatable bonds is 6. The number of fused-ring (bicyclic) bond motifs is 1. The number of benzene rings is 2. The van der Waals surface area contributed by atoms with Gasteiger partial charge in [-0.2, -0.15) is 9.67 Å². The van der Waals surface area contributed by atoms with Crippen molar-refractivity contribution in [2.24, 2.45) is 0 Å². The van der Waals surface area contributed by atoms with Gasteiger partial charge in [-0.1, -0.05) is 10.4 Å². The second kappa shape index (κ2) is 8.02. The Morgan fingerprint density at radius 1 is 1.09 bits per heavy atom. The highest BCUT2D eigenvalue weighted by atomic mass is 19.1. The van der Waals surface area contributed by atoms with Crippen molar-refractivity contribution in [2.45, 2.75) is 13.5 Å². The fourth-order valence-corrected chi connectivity index (χ4v) is 3.16. The largest absolute Gasteiger partial charge is 0.494 e. The minimum absolute atomic E-state index is 0.00583. The van der Waals surface area contributed by atoms with Crippen molar-refractivity contribution in [2.75, 3.05) is 6.61 Å². The van der Waals surface area contributed by atoms with E-state index in [9.17, 15) is 9.18 Å². The molecular formula is C21H16FN7O3. The molecule has 0 radical (unpaired) electrons. The van der Waals surface area contributed by atoms with E-state index in [1.54, 1.807) is 12.1 Å². The van der Waals surface area contributed by atoms with Gasteiger partial charge in [-0.05, 0) is 55.5 Å². The number of aromatic nitrogens is 7. The Morgan fingerprint density at radius 2 is 1.88 bits per heavy atom. The van der Waals surface area contributed by atoms with Gasteiger partial charge in [-0.3, -0.25) is 9.36 Å². The summed E-state index contributed by atoms with van der Waals surface area (Å²) in [6.07, 6.45) is 1.38. The molecule has 0 bridgehead atoms. The minimum atomic E-state index is -0.395. The molecule has 0 unspecified atom stereocenters. The second-order valence-electron chi connectivity index (χ2n) is 6.80. The standard InChI is InChI=1S/C21H16FN7O3/c1-2-31-16-9-7-15(8-10-16)29-20-18(25-27-29)21(30)28(12-23-20)11-17-24-19(26-32-17)13-3-5-14(22)6-4-13/h3-10,12H,2,11H2,1H3. The molecule has 0 spiro atoms. The highest BCUT2D eigenvalue weighted by molar-refractivity contribution is 5.70. The molecule has 0 fully saturated rings. The van der Waals surface area contributed by atoms with Gasteiger partial charge in [0.25, 0.3) is 5.56 Å². The van der Waals surface area contributed by atoms with Crippen LogP contribution in [0.25, 0.3) is 28.2 Å². The molecule has 10 nitrogen and oxygen atoms in total. The van der Waals surface area contributed by atoms with Crippen LogP contribution < -0.4 is 10.3 Å². The van der Waals surface area contributed by atoms with Crippen LogP contribution in [0.15, 0.2) is 64.2 Å². The molecule has 0 aliphatic rings. The molecule has 0 atom stereocenters. The van der Waals surface area contributed by atoms with Gasteiger partial charge in [0.1, 0.15) is 24.4 Å². The third-order valence-corrected chi connectivity index (χ3v) is 4.70. The molecule has 3 heterocycles. The second-order valence-corrected chi connectivity index (χ2v) is 6.80. The molecule has 0 amide bonds. The quantitative estimate of drug-likeness (QED) is 0.402. The van der Waals surface area contributed by atoms with E-state index in [-0.39, 0.29) is 23.8 Å². The predicted octanol–water partition coefficient (Wildman–Crippen LogP) is 2.61. The lowest BCUT2D eigenvalue weighted by atomic mass is 10.2. The van der Waals surface area contributed by atoms with Gasteiger partial charge < -0.3 is 9.26 Å². The summed E-state index contributed by atoms with van der Waals surface area (Å²) in [4.78, 5) is 21.5. The molecule has 0 aliphatic heterocycles. The third kappa shape index (κ3) is 3.60. The van der Waals surface area contributed by atoms with E-state index in [0.29, 0.717) is 29.3 Å². The van der Waals surface area contributed by atoms with Crippen molar-refractivity contribution in [3.05, 3.63) is 76.9 Å². The third-order valence-electron chi connectivity index (χ3n) is 4.70. The SMILES string of the molecule is CCOc1ccc(-n2nnc3c(=O)n(Cc4nc(-c5ccc(F)cc5)no4)cnc32)cc1. The summed E-state index contributed by atoms with van der Waals surface area (Å²) in [7, 11) is 0. The van der Waals surface area contributed by atoms with Crippen LogP contribution in [0.1, 0.15) is 12.8 Å². The summed E-state index contributed by atoms with van der Waals surface area (Å²) in [5.41, 5.74) is 1.34. The molecule has 32 heavy (non-hydrogen) atoms. The Bertz CT molecular complexity index is 1440. The molecular weight excluding hydrogens is 417 g/mol. The number of ether oxygens (including phenoxy) is 1. The van der Waals surface area contributed by atoms with E-state index in [2.05, 4.69) is 25.4 Å². The van der Waals surface area contributed by atoms with Crippen LogP contribution in [-0.4, -0.2) is 41.3 Å². The summed E-state index contributed by atoms with van der Waals surface area (Å²) < 4.78 is 26.6. The maximum absolute atomic E-state index is 13.1. The van der Waals surface area contributed by atoms with Gasteiger partial charge >= 0.3 is 0 Å².